The minimum absolute atomic E-state index is 0.265. The van der Waals surface area contributed by atoms with Crippen molar-refractivity contribution in [2.45, 2.75) is 6.54 Å². The van der Waals surface area contributed by atoms with E-state index >= 15 is 0 Å². The van der Waals surface area contributed by atoms with E-state index in [0.717, 1.165) is 43.7 Å². The third-order valence-electron chi connectivity index (χ3n) is 3.34. The molecule has 2 aromatic rings. The van der Waals surface area contributed by atoms with Crippen LogP contribution in [0.25, 0.3) is 11.0 Å². The summed E-state index contributed by atoms with van der Waals surface area (Å²) in [6.07, 6.45) is 0. The van der Waals surface area contributed by atoms with E-state index in [0.29, 0.717) is 5.58 Å². The topological polar surface area (TPSA) is 45.5 Å². The Morgan fingerprint density at radius 3 is 2.83 bits per heavy atom. The predicted molar refractivity (Wildman–Crippen MR) is 70.6 cm³/mol. The van der Waals surface area contributed by atoms with Crippen LogP contribution in [-0.2, 0) is 6.54 Å². The van der Waals surface area contributed by atoms with E-state index in [2.05, 4.69) is 10.2 Å². The number of para-hydroxylation sites is 1. The van der Waals surface area contributed by atoms with Gasteiger partial charge in [0.1, 0.15) is 5.58 Å². The van der Waals surface area contributed by atoms with E-state index in [4.69, 9.17) is 4.42 Å². The summed E-state index contributed by atoms with van der Waals surface area (Å²) in [5.74, 6) is 0. The van der Waals surface area contributed by atoms with E-state index in [9.17, 15) is 4.79 Å². The second-order valence-electron chi connectivity index (χ2n) is 4.61. The third kappa shape index (κ3) is 2.30. The summed E-state index contributed by atoms with van der Waals surface area (Å²) in [5, 5.41) is 4.36. The largest absolute Gasteiger partial charge is 0.423 e. The lowest BCUT2D eigenvalue weighted by Gasteiger charge is -2.27. The van der Waals surface area contributed by atoms with Crippen molar-refractivity contribution in [3.63, 3.8) is 0 Å². The molecule has 1 fully saturated rings. The Morgan fingerprint density at radius 1 is 1.22 bits per heavy atom. The summed E-state index contributed by atoms with van der Waals surface area (Å²) in [6, 6.07) is 9.33. The van der Waals surface area contributed by atoms with Gasteiger partial charge >= 0.3 is 5.63 Å². The zero-order valence-corrected chi connectivity index (χ0v) is 10.2. The number of benzene rings is 1. The average Bonchev–Trinajstić information content (AvgIpc) is 2.40. The Kier molecular flexibility index (Phi) is 3.13. The van der Waals surface area contributed by atoms with Crippen LogP contribution in [0.3, 0.4) is 0 Å². The molecule has 1 aromatic carbocycles. The van der Waals surface area contributed by atoms with E-state index < -0.39 is 0 Å². The molecule has 4 heteroatoms. The van der Waals surface area contributed by atoms with E-state index in [1.807, 2.05) is 24.3 Å². The summed E-state index contributed by atoms with van der Waals surface area (Å²) >= 11 is 0. The molecule has 1 N–H and O–H groups in total. The second-order valence-corrected chi connectivity index (χ2v) is 4.61. The Morgan fingerprint density at radius 2 is 2.00 bits per heavy atom. The normalized spacial score (nSPS) is 17.1. The monoisotopic (exact) mass is 244 g/mol. The number of rotatable bonds is 2. The van der Waals surface area contributed by atoms with Gasteiger partial charge < -0.3 is 9.73 Å². The van der Waals surface area contributed by atoms with Gasteiger partial charge in [0.05, 0.1) is 0 Å². The molecule has 94 valence electrons. The zero-order valence-electron chi connectivity index (χ0n) is 10.2. The Labute approximate surface area is 105 Å². The molecule has 2 heterocycles. The Hall–Kier alpha value is -1.65. The fraction of sp³-hybridized carbons (Fsp3) is 0.357. The lowest BCUT2D eigenvalue weighted by Crippen LogP contribution is -2.43. The Balaban J connectivity index is 1.97. The molecule has 18 heavy (non-hydrogen) atoms. The molecule has 0 saturated carbocycles. The number of nitrogens with zero attached hydrogens (tertiary/aromatic N) is 1. The maximum Gasteiger partial charge on any atom is 0.336 e. The number of hydrogen-bond donors (Lipinski definition) is 1. The second kappa shape index (κ2) is 4.92. The number of nitrogens with one attached hydrogen (secondary N) is 1. The van der Waals surface area contributed by atoms with Gasteiger partial charge in [-0.15, -0.1) is 0 Å². The first-order valence-electron chi connectivity index (χ1n) is 6.28. The minimum atomic E-state index is -0.265. The van der Waals surface area contributed by atoms with Crippen molar-refractivity contribution in [2.75, 3.05) is 26.2 Å². The quantitative estimate of drug-likeness (QED) is 0.806. The van der Waals surface area contributed by atoms with Crippen molar-refractivity contribution in [1.29, 1.82) is 0 Å². The summed E-state index contributed by atoms with van der Waals surface area (Å²) in [7, 11) is 0. The lowest BCUT2D eigenvalue weighted by molar-refractivity contribution is 0.233. The van der Waals surface area contributed by atoms with Crippen molar-refractivity contribution in [1.82, 2.24) is 10.2 Å². The van der Waals surface area contributed by atoms with Crippen LogP contribution in [0.5, 0.6) is 0 Å². The molecule has 1 aliphatic rings. The van der Waals surface area contributed by atoms with Gasteiger partial charge in [0, 0.05) is 44.2 Å². The standard InChI is InChI=1S/C14H16N2O2/c17-14-9-11(10-16-7-5-15-6-8-16)12-3-1-2-4-13(12)18-14/h1-4,9,15H,5-8,10H2. The molecule has 4 nitrogen and oxygen atoms in total. The highest BCUT2D eigenvalue weighted by Gasteiger charge is 2.12. The zero-order chi connectivity index (χ0) is 12.4. The van der Waals surface area contributed by atoms with Crippen LogP contribution in [0.1, 0.15) is 5.56 Å². The molecule has 0 spiro atoms. The summed E-state index contributed by atoms with van der Waals surface area (Å²) in [5.41, 5.74) is 1.47. The lowest BCUT2D eigenvalue weighted by atomic mass is 10.1. The molecule has 3 rings (SSSR count). The molecular weight excluding hydrogens is 228 g/mol. The first-order valence-corrected chi connectivity index (χ1v) is 6.28. The van der Waals surface area contributed by atoms with Gasteiger partial charge in [-0.05, 0) is 11.6 Å². The molecule has 0 aliphatic carbocycles. The highest BCUT2D eigenvalue weighted by molar-refractivity contribution is 5.79. The van der Waals surface area contributed by atoms with Gasteiger partial charge in [0.25, 0.3) is 0 Å². The summed E-state index contributed by atoms with van der Waals surface area (Å²) < 4.78 is 5.21. The highest BCUT2D eigenvalue weighted by Crippen LogP contribution is 2.18. The number of fused-ring (bicyclic) bond motifs is 1. The fourth-order valence-corrected chi connectivity index (χ4v) is 2.42. The molecule has 1 aliphatic heterocycles. The maximum absolute atomic E-state index is 11.5. The third-order valence-corrected chi connectivity index (χ3v) is 3.34. The van der Waals surface area contributed by atoms with Gasteiger partial charge in [-0.25, -0.2) is 4.79 Å². The van der Waals surface area contributed by atoms with Gasteiger partial charge in [0.2, 0.25) is 0 Å². The van der Waals surface area contributed by atoms with Crippen LogP contribution in [0.15, 0.2) is 39.5 Å². The molecule has 0 atom stereocenters. The van der Waals surface area contributed by atoms with E-state index in [1.54, 1.807) is 6.07 Å². The molecule has 0 unspecified atom stereocenters. The van der Waals surface area contributed by atoms with E-state index in [-0.39, 0.29) is 5.63 Å². The van der Waals surface area contributed by atoms with Crippen LogP contribution in [0.2, 0.25) is 0 Å². The average molecular weight is 244 g/mol. The summed E-state index contributed by atoms with van der Waals surface area (Å²) in [4.78, 5) is 13.9. The predicted octanol–water partition coefficient (Wildman–Crippen LogP) is 1.20. The maximum atomic E-state index is 11.5. The van der Waals surface area contributed by atoms with Crippen molar-refractivity contribution in [3.05, 3.63) is 46.3 Å². The van der Waals surface area contributed by atoms with Crippen LogP contribution >= 0.6 is 0 Å². The van der Waals surface area contributed by atoms with Crippen LogP contribution in [0.4, 0.5) is 0 Å². The summed E-state index contributed by atoms with van der Waals surface area (Å²) in [6.45, 7) is 4.88. The van der Waals surface area contributed by atoms with Gasteiger partial charge in [-0.1, -0.05) is 18.2 Å². The fourth-order valence-electron chi connectivity index (χ4n) is 2.42. The van der Waals surface area contributed by atoms with E-state index in [1.165, 1.54) is 0 Å². The molecule has 0 radical (unpaired) electrons. The van der Waals surface area contributed by atoms with Crippen molar-refractivity contribution in [3.8, 4) is 0 Å². The smallest absolute Gasteiger partial charge is 0.336 e. The van der Waals surface area contributed by atoms with Gasteiger partial charge in [-0.2, -0.15) is 0 Å². The number of hydrogen-bond acceptors (Lipinski definition) is 4. The van der Waals surface area contributed by atoms with Crippen LogP contribution < -0.4 is 10.9 Å². The molecule has 0 amide bonds. The van der Waals surface area contributed by atoms with Gasteiger partial charge in [0.15, 0.2) is 0 Å². The number of piperazine rings is 1. The SMILES string of the molecule is O=c1cc(CN2CCNCC2)c2ccccc2o1. The van der Waals surface area contributed by atoms with Crippen LogP contribution in [-0.4, -0.2) is 31.1 Å². The molecule has 1 aromatic heterocycles. The minimum Gasteiger partial charge on any atom is -0.423 e. The first kappa shape index (κ1) is 11.4. The van der Waals surface area contributed by atoms with Crippen molar-refractivity contribution >= 4 is 11.0 Å². The molecule has 0 bridgehead atoms. The van der Waals surface area contributed by atoms with Crippen molar-refractivity contribution < 1.29 is 4.42 Å². The molecular formula is C14H16N2O2. The first-order chi connectivity index (χ1) is 8.83. The van der Waals surface area contributed by atoms with Crippen molar-refractivity contribution in [2.24, 2.45) is 0 Å². The van der Waals surface area contributed by atoms with Crippen LogP contribution in [0, 0.1) is 0 Å². The van der Waals surface area contributed by atoms with Gasteiger partial charge in [-0.3, -0.25) is 4.90 Å². The highest BCUT2D eigenvalue weighted by atomic mass is 16.4. The molecule has 1 saturated heterocycles. The Bertz CT molecular complexity index is 600.